The van der Waals surface area contributed by atoms with E-state index in [9.17, 15) is 19.2 Å². The Kier molecular flexibility index (Phi) is 12.6. The van der Waals surface area contributed by atoms with Crippen LogP contribution in [0.1, 0.15) is 53.5 Å². The van der Waals surface area contributed by atoms with Crippen LogP contribution in [0.4, 0.5) is 0 Å². The zero-order valence-electron chi connectivity index (χ0n) is 23.9. The number of hydrogen-bond donors (Lipinski definition) is 2. The SMILES string of the molecule is CCOC(=O)CC(Cc1ccc(-c2cccc(Cl)c2)cc1)NC(=O)C(C)N[C@H](C(=O)OCC)C(=O)OC(C)(C)C. The third-order valence-electron chi connectivity index (χ3n) is 5.63. The van der Waals surface area contributed by atoms with Gasteiger partial charge in [0.05, 0.1) is 25.7 Å². The third-order valence-corrected chi connectivity index (χ3v) is 5.87. The van der Waals surface area contributed by atoms with Crippen molar-refractivity contribution in [2.24, 2.45) is 0 Å². The first kappa shape index (κ1) is 32.8. The molecule has 2 aromatic carbocycles. The number of benzene rings is 2. The Hall–Kier alpha value is -3.43. The maximum Gasteiger partial charge on any atom is 0.335 e. The molecule has 218 valence electrons. The van der Waals surface area contributed by atoms with E-state index >= 15 is 0 Å². The van der Waals surface area contributed by atoms with Crippen LogP contribution in [0.25, 0.3) is 11.1 Å². The molecule has 0 heterocycles. The summed E-state index contributed by atoms with van der Waals surface area (Å²) < 4.78 is 15.4. The van der Waals surface area contributed by atoms with Crippen LogP contribution >= 0.6 is 11.6 Å². The van der Waals surface area contributed by atoms with E-state index in [0.29, 0.717) is 11.4 Å². The lowest BCUT2D eigenvalue weighted by Gasteiger charge is -2.26. The molecule has 0 aromatic heterocycles. The van der Waals surface area contributed by atoms with Gasteiger partial charge < -0.3 is 19.5 Å². The van der Waals surface area contributed by atoms with Crippen LogP contribution in [0.15, 0.2) is 48.5 Å². The molecule has 0 saturated carbocycles. The molecule has 10 heteroatoms. The molecular formula is C30H39ClN2O7. The van der Waals surface area contributed by atoms with Crippen LogP contribution in [0.2, 0.25) is 5.02 Å². The van der Waals surface area contributed by atoms with Crippen LogP contribution in [-0.2, 0) is 39.8 Å². The largest absolute Gasteiger partial charge is 0.466 e. The highest BCUT2D eigenvalue weighted by molar-refractivity contribution is 6.30. The summed E-state index contributed by atoms with van der Waals surface area (Å²) >= 11 is 6.11. The van der Waals surface area contributed by atoms with Crippen molar-refractivity contribution in [3.8, 4) is 11.1 Å². The molecule has 40 heavy (non-hydrogen) atoms. The van der Waals surface area contributed by atoms with Gasteiger partial charge in [-0.3, -0.25) is 14.9 Å². The van der Waals surface area contributed by atoms with Crippen LogP contribution in [0.5, 0.6) is 0 Å². The van der Waals surface area contributed by atoms with Crippen LogP contribution < -0.4 is 10.6 Å². The fourth-order valence-electron chi connectivity index (χ4n) is 3.85. The van der Waals surface area contributed by atoms with Crippen molar-refractivity contribution >= 4 is 35.4 Å². The molecule has 0 radical (unpaired) electrons. The van der Waals surface area contributed by atoms with Crippen molar-refractivity contribution in [2.45, 2.75) is 78.1 Å². The van der Waals surface area contributed by atoms with Gasteiger partial charge in [0.25, 0.3) is 0 Å². The second-order valence-corrected chi connectivity index (χ2v) is 10.7. The van der Waals surface area contributed by atoms with Crippen molar-refractivity contribution in [3.05, 3.63) is 59.1 Å². The molecular weight excluding hydrogens is 536 g/mol. The normalized spacial score (nSPS) is 13.5. The Morgan fingerprint density at radius 2 is 1.55 bits per heavy atom. The number of rotatable bonds is 13. The molecule has 0 saturated heterocycles. The van der Waals surface area contributed by atoms with Crippen molar-refractivity contribution < 1.29 is 33.4 Å². The fourth-order valence-corrected chi connectivity index (χ4v) is 4.04. The van der Waals surface area contributed by atoms with E-state index in [2.05, 4.69) is 10.6 Å². The maximum atomic E-state index is 13.1. The highest BCUT2D eigenvalue weighted by Crippen LogP contribution is 2.23. The van der Waals surface area contributed by atoms with E-state index in [1.807, 2.05) is 42.5 Å². The molecule has 2 N–H and O–H groups in total. The minimum absolute atomic E-state index is 0.0537. The molecule has 0 spiro atoms. The van der Waals surface area contributed by atoms with E-state index in [1.54, 1.807) is 40.7 Å². The second-order valence-electron chi connectivity index (χ2n) is 10.2. The predicted molar refractivity (Wildman–Crippen MR) is 153 cm³/mol. The molecule has 2 rings (SSSR count). The summed E-state index contributed by atoms with van der Waals surface area (Å²) in [4.78, 5) is 50.6. The number of carbonyl (C=O) groups excluding carboxylic acids is 4. The number of hydrogen-bond acceptors (Lipinski definition) is 8. The molecule has 0 aliphatic carbocycles. The number of halogens is 1. The van der Waals surface area contributed by atoms with Gasteiger partial charge in [0.2, 0.25) is 11.9 Å². The van der Waals surface area contributed by atoms with Crippen LogP contribution in [-0.4, -0.2) is 60.8 Å². The molecule has 0 bridgehead atoms. The van der Waals surface area contributed by atoms with Gasteiger partial charge in [0, 0.05) is 11.1 Å². The summed E-state index contributed by atoms with van der Waals surface area (Å²) in [6.45, 7) is 10.1. The van der Waals surface area contributed by atoms with Gasteiger partial charge in [-0.05, 0) is 76.8 Å². The minimum atomic E-state index is -1.50. The van der Waals surface area contributed by atoms with Crippen molar-refractivity contribution in [3.63, 3.8) is 0 Å². The number of esters is 3. The Bertz CT molecular complexity index is 1160. The number of carbonyl (C=O) groups is 4. The van der Waals surface area contributed by atoms with Crippen LogP contribution in [0, 0.1) is 0 Å². The highest BCUT2D eigenvalue weighted by Gasteiger charge is 2.35. The first-order valence-corrected chi connectivity index (χ1v) is 13.7. The zero-order chi connectivity index (χ0) is 29.9. The molecule has 0 aliphatic heterocycles. The smallest absolute Gasteiger partial charge is 0.335 e. The topological polar surface area (TPSA) is 120 Å². The van der Waals surface area contributed by atoms with E-state index in [4.69, 9.17) is 25.8 Å². The highest BCUT2D eigenvalue weighted by atomic mass is 35.5. The van der Waals surface area contributed by atoms with E-state index in [1.165, 1.54) is 6.92 Å². The Labute approximate surface area is 240 Å². The summed E-state index contributed by atoms with van der Waals surface area (Å²) in [5, 5.41) is 6.20. The molecule has 0 fully saturated rings. The molecule has 2 aromatic rings. The predicted octanol–water partition coefficient (Wildman–Crippen LogP) is 4.24. The fraction of sp³-hybridized carbons (Fsp3) is 0.467. The van der Waals surface area contributed by atoms with E-state index < -0.39 is 47.5 Å². The van der Waals surface area contributed by atoms with Gasteiger partial charge in [-0.15, -0.1) is 0 Å². The van der Waals surface area contributed by atoms with E-state index in [-0.39, 0.29) is 19.6 Å². The molecule has 1 amide bonds. The quantitative estimate of drug-likeness (QED) is 0.207. The molecule has 9 nitrogen and oxygen atoms in total. The standard InChI is InChI=1S/C30H39ClN2O7/c1-7-38-25(34)18-24(16-20-12-14-21(15-13-20)22-10-9-11-23(31)17-22)33-27(35)19(3)32-26(28(36)39-8-2)29(37)40-30(4,5)6/h9-15,17,19,24,26,32H,7-8,16,18H2,1-6H3,(H,33,35)/t19?,24?,26-/m1/s1. The Morgan fingerprint density at radius 3 is 2.12 bits per heavy atom. The summed E-state index contributed by atoms with van der Waals surface area (Å²) in [5.41, 5.74) is 1.99. The first-order chi connectivity index (χ1) is 18.8. The molecule has 3 atom stereocenters. The lowest BCUT2D eigenvalue weighted by molar-refractivity contribution is -0.165. The van der Waals surface area contributed by atoms with Gasteiger partial charge in [-0.1, -0.05) is 48.0 Å². The summed E-state index contributed by atoms with van der Waals surface area (Å²) in [6, 6.07) is 12.1. The number of ether oxygens (including phenoxy) is 3. The first-order valence-electron chi connectivity index (χ1n) is 13.3. The van der Waals surface area contributed by atoms with Crippen molar-refractivity contribution in [1.29, 1.82) is 0 Å². The zero-order valence-corrected chi connectivity index (χ0v) is 24.7. The minimum Gasteiger partial charge on any atom is -0.466 e. The second kappa shape index (κ2) is 15.4. The summed E-state index contributed by atoms with van der Waals surface area (Å²) in [7, 11) is 0. The Morgan fingerprint density at radius 1 is 0.900 bits per heavy atom. The number of amides is 1. The van der Waals surface area contributed by atoms with Gasteiger partial charge in [-0.2, -0.15) is 0 Å². The molecule has 2 unspecified atom stereocenters. The summed E-state index contributed by atoms with van der Waals surface area (Å²) in [5.74, 6) is -2.67. The van der Waals surface area contributed by atoms with Crippen molar-refractivity contribution in [1.82, 2.24) is 10.6 Å². The van der Waals surface area contributed by atoms with Crippen LogP contribution in [0.3, 0.4) is 0 Å². The van der Waals surface area contributed by atoms with E-state index in [0.717, 1.165) is 16.7 Å². The van der Waals surface area contributed by atoms with Gasteiger partial charge in [-0.25, -0.2) is 9.59 Å². The lowest BCUT2D eigenvalue weighted by atomic mass is 9.99. The summed E-state index contributed by atoms with van der Waals surface area (Å²) in [6.07, 6.45) is 0.288. The monoisotopic (exact) mass is 574 g/mol. The number of nitrogens with one attached hydrogen (secondary N) is 2. The average Bonchev–Trinajstić information content (AvgIpc) is 2.86. The average molecular weight is 575 g/mol. The molecule has 0 aliphatic rings. The van der Waals surface area contributed by atoms with Gasteiger partial charge in [0.15, 0.2) is 0 Å². The lowest BCUT2D eigenvalue weighted by Crippen LogP contribution is -2.56. The maximum absolute atomic E-state index is 13.1. The third kappa shape index (κ3) is 11.0. The van der Waals surface area contributed by atoms with Crippen molar-refractivity contribution in [2.75, 3.05) is 13.2 Å². The Balaban J connectivity index is 2.16. The van der Waals surface area contributed by atoms with Gasteiger partial charge >= 0.3 is 17.9 Å². The van der Waals surface area contributed by atoms with Gasteiger partial charge in [0.1, 0.15) is 5.60 Å².